The number of benzene rings is 2. The number of halogens is 1. The third-order valence-electron chi connectivity index (χ3n) is 3.90. The molecule has 1 aromatic heterocycles. The van der Waals surface area contributed by atoms with Crippen LogP contribution >= 0.6 is 0 Å². The Morgan fingerprint density at radius 2 is 1.73 bits per heavy atom. The van der Waals surface area contributed by atoms with Gasteiger partial charge >= 0.3 is 0 Å². The molecule has 0 unspecified atom stereocenters. The van der Waals surface area contributed by atoms with E-state index in [9.17, 15) is 4.39 Å². The van der Waals surface area contributed by atoms with Crippen molar-refractivity contribution in [2.45, 2.75) is 12.8 Å². The van der Waals surface area contributed by atoms with E-state index in [1.165, 1.54) is 12.1 Å². The van der Waals surface area contributed by atoms with Crippen LogP contribution in [0.15, 0.2) is 48.7 Å². The normalized spacial score (nSPS) is 12.8. The summed E-state index contributed by atoms with van der Waals surface area (Å²) in [6, 6.07) is 12.6. The molecule has 0 saturated carbocycles. The molecule has 4 heteroatoms. The van der Waals surface area contributed by atoms with Crippen molar-refractivity contribution in [2.24, 2.45) is 0 Å². The lowest BCUT2D eigenvalue weighted by molar-refractivity contribution is 0.174. The standard InChI is InChI=1S/C18H14FNO2/c19-14-4-1-12(2-5-14)3-6-16-15-10-18-17(21-11-22-18)9-13(15)7-8-20-16/h1-2,4-5,7-10H,3,6,11H2. The van der Waals surface area contributed by atoms with Crippen LogP contribution in [0.5, 0.6) is 11.5 Å². The first-order valence-electron chi connectivity index (χ1n) is 7.21. The smallest absolute Gasteiger partial charge is 0.231 e. The molecule has 0 spiro atoms. The molecule has 1 aliphatic heterocycles. The van der Waals surface area contributed by atoms with Gasteiger partial charge in [0, 0.05) is 17.3 Å². The van der Waals surface area contributed by atoms with E-state index >= 15 is 0 Å². The maximum Gasteiger partial charge on any atom is 0.231 e. The Hall–Kier alpha value is -2.62. The first-order valence-corrected chi connectivity index (χ1v) is 7.21. The molecular formula is C18H14FNO2. The lowest BCUT2D eigenvalue weighted by Gasteiger charge is -2.07. The Labute approximate surface area is 127 Å². The summed E-state index contributed by atoms with van der Waals surface area (Å²) >= 11 is 0. The fourth-order valence-corrected chi connectivity index (χ4v) is 2.74. The van der Waals surface area contributed by atoms with Crippen molar-refractivity contribution in [3.05, 3.63) is 65.7 Å². The summed E-state index contributed by atoms with van der Waals surface area (Å²) in [5.74, 6) is 1.34. The molecule has 0 bridgehead atoms. The van der Waals surface area contributed by atoms with Crippen molar-refractivity contribution in [3.8, 4) is 11.5 Å². The van der Waals surface area contributed by atoms with E-state index in [2.05, 4.69) is 4.98 Å². The molecule has 0 N–H and O–H groups in total. The van der Waals surface area contributed by atoms with E-state index < -0.39 is 0 Å². The van der Waals surface area contributed by atoms with Gasteiger partial charge in [-0.2, -0.15) is 0 Å². The first-order chi connectivity index (χ1) is 10.8. The van der Waals surface area contributed by atoms with E-state index in [1.807, 2.05) is 36.5 Å². The number of hydrogen-bond donors (Lipinski definition) is 0. The Morgan fingerprint density at radius 3 is 2.55 bits per heavy atom. The number of fused-ring (bicyclic) bond motifs is 2. The van der Waals surface area contributed by atoms with E-state index in [0.29, 0.717) is 0 Å². The fourth-order valence-electron chi connectivity index (χ4n) is 2.74. The number of nitrogens with zero attached hydrogens (tertiary/aromatic N) is 1. The van der Waals surface area contributed by atoms with Crippen molar-refractivity contribution in [1.82, 2.24) is 4.98 Å². The van der Waals surface area contributed by atoms with E-state index in [1.54, 1.807) is 0 Å². The third kappa shape index (κ3) is 2.37. The van der Waals surface area contributed by atoms with Crippen LogP contribution in [0.25, 0.3) is 10.8 Å². The average molecular weight is 295 g/mol. The minimum absolute atomic E-state index is 0.209. The van der Waals surface area contributed by atoms with Crippen LogP contribution in [0.2, 0.25) is 0 Å². The van der Waals surface area contributed by atoms with Crippen molar-refractivity contribution >= 4 is 10.8 Å². The molecule has 0 fully saturated rings. The van der Waals surface area contributed by atoms with Crippen molar-refractivity contribution in [3.63, 3.8) is 0 Å². The molecule has 2 aromatic carbocycles. The van der Waals surface area contributed by atoms with Gasteiger partial charge in [0.2, 0.25) is 6.79 Å². The third-order valence-corrected chi connectivity index (χ3v) is 3.90. The minimum Gasteiger partial charge on any atom is -0.454 e. The molecule has 4 rings (SSSR count). The summed E-state index contributed by atoms with van der Waals surface area (Å²) in [7, 11) is 0. The molecule has 0 amide bonds. The summed E-state index contributed by atoms with van der Waals surface area (Å²) in [5, 5.41) is 2.17. The van der Waals surface area contributed by atoms with E-state index in [0.717, 1.165) is 46.4 Å². The van der Waals surface area contributed by atoms with Gasteiger partial charge < -0.3 is 9.47 Å². The van der Waals surface area contributed by atoms with Gasteiger partial charge in [-0.3, -0.25) is 4.98 Å². The quantitative estimate of drug-likeness (QED) is 0.734. The number of pyridine rings is 1. The molecule has 0 aliphatic carbocycles. The second kappa shape index (κ2) is 5.30. The molecule has 1 aliphatic rings. The molecule has 0 saturated heterocycles. The highest BCUT2D eigenvalue weighted by Gasteiger charge is 2.15. The molecule has 22 heavy (non-hydrogen) atoms. The lowest BCUT2D eigenvalue weighted by Crippen LogP contribution is -1.96. The number of hydrogen-bond acceptors (Lipinski definition) is 3. The average Bonchev–Trinajstić information content (AvgIpc) is 2.99. The molecule has 3 nitrogen and oxygen atoms in total. The van der Waals surface area contributed by atoms with Gasteiger partial charge in [0.15, 0.2) is 11.5 Å². The van der Waals surface area contributed by atoms with Crippen molar-refractivity contribution in [1.29, 1.82) is 0 Å². The maximum atomic E-state index is 12.9. The second-order valence-electron chi connectivity index (χ2n) is 5.31. The van der Waals surface area contributed by atoms with Gasteiger partial charge in [-0.25, -0.2) is 4.39 Å². The topological polar surface area (TPSA) is 31.4 Å². The van der Waals surface area contributed by atoms with Crippen LogP contribution in [0.3, 0.4) is 0 Å². The number of rotatable bonds is 3. The number of aromatic nitrogens is 1. The lowest BCUT2D eigenvalue weighted by atomic mass is 10.0. The Balaban J connectivity index is 1.65. The molecule has 0 radical (unpaired) electrons. The molecule has 3 aromatic rings. The maximum absolute atomic E-state index is 12.9. The van der Waals surface area contributed by atoms with Crippen LogP contribution in [-0.2, 0) is 12.8 Å². The van der Waals surface area contributed by atoms with Crippen molar-refractivity contribution in [2.75, 3.05) is 6.79 Å². The van der Waals surface area contributed by atoms with Crippen LogP contribution in [-0.4, -0.2) is 11.8 Å². The molecule has 2 heterocycles. The molecule has 0 atom stereocenters. The SMILES string of the molecule is Fc1ccc(CCc2nccc3cc4c(cc23)OCO4)cc1. The van der Waals surface area contributed by atoms with Gasteiger partial charge in [-0.1, -0.05) is 12.1 Å². The Morgan fingerprint density at radius 1 is 0.955 bits per heavy atom. The highest BCUT2D eigenvalue weighted by molar-refractivity contribution is 5.88. The highest BCUT2D eigenvalue weighted by atomic mass is 19.1. The monoisotopic (exact) mass is 295 g/mol. The zero-order valence-corrected chi connectivity index (χ0v) is 11.9. The van der Waals surface area contributed by atoms with E-state index in [-0.39, 0.29) is 12.6 Å². The van der Waals surface area contributed by atoms with Gasteiger partial charge in [-0.05, 0) is 54.1 Å². The van der Waals surface area contributed by atoms with Gasteiger partial charge in [0.25, 0.3) is 0 Å². The summed E-state index contributed by atoms with van der Waals surface area (Å²) in [6.07, 6.45) is 3.42. The first kappa shape index (κ1) is 13.1. The Bertz CT molecular complexity index is 830. The summed E-state index contributed by atoms with van der Waals surface area (Å²) in [4.78, 5) is 4.49. The zero-order chi connectivity index (χ0) is 14.9. The van der Waals surface area contributed by atoms with Crippen LogP contribution in [0.1, 0.15) is 11.3 Å². The second-order valence-corrected chi connectivity index (χ2v) is 5.31. The van der Waals surface area contributed by atoms with Crippen LogP contribution in [0.4, 0.5) is 4.39 Å². The predicted molar refractivity (Wildman–Crippen MR) is 81.7 cm³/mol. The van der Waals surface area contributed by atoms with Crippen molar-refractivity contribution < 1.29 is 13.9 Å². The van der Waals surface area contributed by atoms with Gasteiger partial charge in [0.05, 0.1) is 0 Å². The summed E-state index contributed by atoms with van der Waals surface area (Å²) < 4.78 is 23.8. The Kier molecular flexibility index (Phi) is 3.15. The van der Waals surface area contributed by atoms with Crippen LogP contribution in [0, 0.1) is 5.82 Å². The zero-order valence-electron chi connectivity index (χ0n) is 11.9. The summed E-state index contributed by atoms with van der Waals surface area (Å²) in [5.41, 5.74) is 2.11. The summed E-state index contributed by atoms with van der Waals surface area (Å²) in [6.45, 7) is 0.268. The minimum atomic E-state index is -0.209. The van der Waals surface area contributed by atoms with Gasteiger partial charge in [0.1, 0.15) is 5.82 Å². The number of aryl methyl sites for hydroxylation is 2. The highest BCUT2D eigenvalue weighted by Crippen LogP contribution is 2.36. The molecular weight excluding hydrogens is 281 g/mol. The van der Waals surface area contributed by atoms with E-state index in [4.69, 9.17) is 9.47 Å². The largest absolute Gasteiger partial charge is 0.454 e. The number of ether oxygens (including phenoxy) is 2. The predicted octanol–water partition coefficient (Wildman–Crippen LogP) is 3.89. The van der Waals surface area contributed by atoms with Gasteiger partial charge in [-0.15, -0.1) is 0 Å². The molecule has 110 valence electrons. The van der Waals surface area contributed by atoms with Crippen LogP contribution < -0.4 is 9.47 Å². The fraction of sp³-hybridized carbons (Fsp3) is 0.167.